The van der Waals surface area contributed by atoms with Gasteiger partial charge in [0, 0.05) is 31.2 Å². The number of hydrogen-bond donors (Lipinski definition) is 1. The van der Waals surface area contributed by atoms with E-state index in [1.54, 1.807) is 17.5 Å². The quantitative estimate of drug-likeness (QED) is 0.827. The van der Waals surface area contributed by atoms with Crippen molar-refractivity contribution in [3.8, 4) is 5.75 Å². The second-order valence-electron chi connectivity index (χ2n) is 5.92. The lowest BCUT2D eigenvalue weighted by Gasteiger charge is -2.32. The number of nitrogens with one attached hydrogen (secondary N) is 1. The fraction of sp³-hybridized carbons (Fsp3) is 0.438. The summed E-state index contributed by atoms with van der Waals surface area (Å²) in [6, 6.07) is 3.46. The Bertz CT molecular complexity index is 812. The summed E-state index contributed by atoms with van der Waals surface area (Å²) in [5, 5.41) is 2.89. The van der Waals surface area contributed by atoms with Gasteiger partial charge in [-0.2, -0.15) is 0 Å². The van der Waals surface area contributed by atoms with Crippen LogP contribution in [0.15, 0.2) is 34.7 Å². The molecule has 0 spiro atoms. The summed E-state index contributed by atoms with van der Waals surface area (Å²) in [5.74, 6) is -0.317. The highest BCUT2D eigenvalue weighted by Crippen LogP contribution is 2.26. The van der Waals surface area contributed by atoms with Crippen LogP contribution in [0.1, 0.15) is 12.8 Å². The molecule has 0 bridgehead atoms. The topological polar surface area (TPSA) is 71.5 Å². The predicted molar refractivity (Wildman–Crippen MR) is 95.2 cm³/mol. The molecule has 2 aromatic rings. The molecule has 0 radical (unpaired) electrons. The van der Waals surface area contributed by atoms with Gasteiger partial charge in [-0.25, -0.2) is 22.5 Å². The van der Waals surface area contributed by atoms with E-state index in [0.29, 0.717) is 6.54 Å². The maximum atomic E-state index is 13.5. The van der Waals surface area contributed by atoms with Gasteiger partial charge in [0.05, 0.1) is 7.11 Å². The van der Waals surface area contributed by atoms with E-state index in [1.165, 1.54) is 19.2 Å². The van der Waals surface area contributed by atoms with Gasteiger partial charge in [0.1, 0.15) is 16.5 Å². The number of ether oxygens (including phenoxy) is 1. The van der Waals surface area contributed by atoms with E-state index in [1.807, 2.05) is 5.38 Å². The molecule has 1 N–H and O–H groups in total. The molecule has 1 aromatic heterocycles. The lowest BCUT2D eigenvalue weighted by Crippen LogP contribution is -2.41. The van der Waals surface area contributed by atoms with Crippen LogP contribution >= 0.6 is 11.3 Å². The molecule has 9 heteroatoms. The van der Waals surface area contributed by atoms with Gasteiger partial charge in [-0.1, -0.05) is 0 Å². The number of benzene rings is 1. The lowest BCUT2D eigenvalue weighted by atomic mass is 9.99. The summed E-state index contributed by atoms with van der Waals surface area (Å²) >= 11 is 1.58. The van der Waals surface area contributed by atoms with E-state index in [9.17, 15) is 12.8 Å². The number of sulfonamides is 1. The van der Waals surface area contributed by atoms with Gasteiger partial charge in [-0.3, -0.25) is 0 Å². The summed E-state index contributed by atoms with van der Waals surface area (Å²) in [7, 11) is -2.48. The van der Waals surface area contributed by atoms with Gasteiger partial charge in [-0.15, -0.1) is 11.3 Å². The molecular formula is C16H20FN3O3S2. The number of hydrogen-bond acceptors (Lipinski definition) is 6. The summed E-state index contributed by atoms with van der Waals surface area (Å²) in [6.45, 7) is 1.97. The summed E-state index contributed by atoms with van der Waals surface area (Å²) in [5.41, 5.74) is 0. The molecule has 1 saturated heterocycles. The van der Waals surface area contributed by atoms with Crippen molar-refractivity contribution in [2.75, 3.05) is 31.6 Å². The molecule has 0 saturated carbocycles. The first kappa shape index (κ1) is 18.1. The van der Waals surface area contributed by atoms with Crippen molar-refractivity contribution in [1.82, 2.24) is 9.71 Å². The molecule has 1 aromatic carbocycles. The zero-order chi connectivity index (χ0) is 17.9. The maximum absolute atomic E-state index is 13.5. The van der Waals surface area contributed by atoms with Gasteiger partial charge in [0.15, 0.2) is 5.13 Å². The molecule has 3 rings (SSSR count). The van der Waals surface area contributed by atoms with E-state index in [-0.39, 0.29) is 16.6 Å². The van der Waals surface area contributed by atoms with Crippen molar-refractivity contribution in [3.63, 3.8) is 0 Å². The second kappa shape index (κ2) is 7.67. The van der Waals surface area contributed by atoms with Crippen molar-refractivity contribution in [2.24, 2.45) is 5.92 Å². The molecule has 1 aliphatic rings. The average molecular weight is 385 g/mol. The van der Waals surface area contributed by atoms with E-state index in [4.69, 9.17) is 4.74 Å². The Kier molecular flexibility index (Phi) is 5.55. The third-order valence-electron chi connectivity index (χ3n) is 4.19. The monoisotopic (exact) mass is 385 g/mol. The van der Waals surface area contributed by atoms with Crippen LogP contribution in [0.2, 0.25) is 0 Å². The van der Waals surface area contributed by atoms with E-state index in [0.717, 1.165) is 37.1 Å². The summed E-state index contributed by atoms with van der Waals surface area (Å²) in [6.07, 6.45) is 3.68. The van der Waals surface area contributed by atoms with Crippen molar-refractivity contribution >= 4 is 26.5 Å². The molecule has 1 unspecified atom stereocenters. The third kappa shape index (κ3) is 4.28. The van der Waals surface area contributed by atoms with Crippen LogP contribution in [0.3, 0.4) is 0 Å². The summed E-state index contributed by atoms with van der Waals surface area (Å²) < 4.78 is 46.2. The molecule has 0 aliphatic carbocycles. The Balaban J connectivity index is 1.67. The van der Waals surface area contributed by atoms with E-state index >= 15 is 0 Å². The van der Waals surface area contributed by atoms with Gasteiger partial charge in [0.2, 0.25) is 10.0 Å². The minimum Gasteiger partial charge on any atom is -0.495 e. The van der Waals surface area contributed by atoms with Crippen LogP contribution in [0.4, 0.5) is 9.52 Å². The predicted octanol–water partition coefficient (Wildman–Crippen LogP) is 2.49. The van der Waals surface area contributed by atoms with Crippen molar-refractivity contribution < 1.29 is 17.5 Å². The van der Waals surface area contributed by atoms with Crippen molar-refractivity contribution in [3.05, 3.63) is 35.6 Å². The van der Waals surface area contributed by atoms with Gasteiger partial charge in [-0.05, 0) is 37.0 Å². The van der Waals surface area contributed by atoms with Gasteiger partial charge < -0.3 is 9.64 Å². The maximum Gasteiger partial charge on any atom is 0.244 e. The molecule has 1 aliphatic heterocycles. The van der Waals surface area contributed by atoms with Crippen LogP contribution in [-0.2, 0) is 10.0 Å². The Morgan fingerprint density at radius 1 is 1.48 bits per heavy atom. The zero-order valence-electron chi connectivity index (χ0n) is 13.8. The minimum absolute atomic E-state index is 0.127. The molecule has 1 fully saturated rings. The number of aromatic nitrogens is 1. The Labute approximate surface area is 150 Å². The zero-order valence-corrected chi connectivity index (χ0v) is 15.4. The van der Waals surface area contributed by atoms with Crippen LogP contribution < -0.4 is 14.4 Å². The molecule has 2 heterocycles. The number of methoxy groups -OCH3 is 1. The number of thiazole rings is 1. The molecule has 136 valence electrons. The first-order valence-electron chi connectivity index (χ1n) is 7.97. The smallest absolute Gasteiger partial charge is 0.244 e. The van der Waals surface area contributed by atoms with E-state index < -0.39 is 15.8 Å². The number of piperidine rings is 1. The molecular weight excluding hydrogens is 365 g/mol. The Hall–Kier alpha value is -1.71. The number of anilines is 1. The normalized spacial score (nSPS) is 18.3. The highest BCUT2D eigenvalue weighted by molar-refractivity contribution is 7.89. The number of nitrogens with zero attached hydrogens (tertiary/aromatic N) is 2. The van der Waals surface area contributed by atoms with Crippen LogP contribution in [-0.4, -0.2) is 40.1 Å². The second-order valence-corrected chi connectivity index (χ2v) is 8.52. The van der Waals surface area contributed by atoms with E-state index in [2.05, 4.69) is 14.6 Å². The highest BCUT2D eigenvalue weighted by Gasteiger charge is 2.25. The molecule has 0 amide bonds. The largest absolute Gasteiger partial charge is 0.495 e. The fourth-order valence-corrected chi connectivity index (χ4v) is 4.92. The standard InChI is InChI=1S/C16H20FN3O3S2/c1-23-14-5-4-13(17)9-15(14)25(21,22)19-10-12-3-2-7-20(11-12)16-18-6-8-24-16/h4-6,8-9,12,19H,2-3,7,10-11H2,1H3. The molecule has 25 heavy (non-hydrogen) atoms. The molecule has 1 atom stereocenters. The Morgan fingerprint density at radius 3 is 3.04 bits per heavy atom. The lowest BCUT2D eigenvalue weighted by molar-refractivity contribution is 0.397. The minimum atomic E-state index is -3.84. The van der Waals surface area contributed by atoms with Crippen molar-refractivity contribution in [1.29, 1.82) is 0 Å². The first-order valence-corrected chi connectivity index (χ1v) is 10.3. The van der Waals surface area contributed by atoms with Crippen LogP contribution in [0.5, 0.6) is 5.75 Å². The highest BCUT2D eigenvalue weighted by atomic mass is 32.2. The van der Waals surface area contributed by atoms with Gasteiger partial charge >= 0.3 is 0 Å². The van der Waals surface area contributed by atoms with Crippen LogP contribution in [0.25, 0.3) is 0 Å². The first-order chi connectivity index (χ1) is 12.0. The van der Waals surface area contributed by atoms with Crippen LogP contribution in [0, 0.1) is 11.7 Å². The van der Waals surface area contributed by atoms with Crippen molar-refractivity contribution in [2.45, 2.75) is 17.7 Å². The number of rotatable bonds is 6. The fourth-order valence-electron chi connectivity index (χ4n) is 2.94. The molecule has 6 nitrogen and oxygen atoms in total. The third-order valence-corrected chi connectivity index (χ3v) is 6.46. The SMILES string of the molecule is COc1ccc(F)cc1S(=O)(=O)NCC1CCCN(c2nccs2)C1. The summed E-state index contributed by atoms with van der Waals surface area (Å²) in [4.78, 5) is 6.31. The van der Waals surface area contributed by atoms with Gasteiger partial charge in [0.25, 0.3) is 0 Å². The Morgan fingerprint density at radius 2 is 2.32 bits per heavy atom. The number of halogens is 1. The average Bonchev–Trinajstić information content (AvgIpc) is 3.15.